The number of likely N-dealkylation sites (N-methyl/N-ethyl adjacent to an activating group) is 1. The van der Waals surface area contributed by atoms with E-state index < -0.39 is 6.04 Å². The molecule has 7 nitrogen and oxygen atoms in total. The number of hydrogen-bond acceptors (Lipinski definition) is 5. The van der Waals surface area contributed by atoms with Crippen LogP contribution in [-0.2, 0) is 18.4 Å². The standard InChI is InChI=1S/C15H18N4O3/c1-16-13(11-7-18-19(2)8-11)15(20)17-6-10-4-3-5-12-14(10)22-9-21-12/h3-5,7-8,13,16H,6,9H2,1-2H3,(H,17,20). The van der Waals surface area contributed by atoms with Gasteiger partial charge in [-0.3, -0.25) is 9.48 Å². The van der Waals surface area contributed by atoms with Crippen LogP contribution in [0.2, 0.25) is 0 Å². The molecule has 2 aromatic rings. The molecule has 0 bridgehead atoms. The molecule has 1 amide bonds. The predicted octanol–water partition coefficient (Wildman–Crippen LogP) is 0.726. The van der Waals surface area contributed by atoms with Crippen molar-refractivity contribution < 1.29 is 14.3 Å². The Labute approximate surface area is 128 Å². The maximum atomic E-state index is 12.4. The Morgan fingerprint density at radius 2 is 2.32 bits per heavy atom. The summed E-state index contributed by atoms with van der Waals surface area (Å²) in [5.41, 5.74) is 1.71. The third kappa shape index (κ3) is 2.75. The van der Waals surface area contributed by atoms with Gasteiger partial charge in [-0.05, 0) is 13.1 Å². The van der Waals surface area contributed by atoms with Gasteiger partial charge in [0.25, 0.3) is 0 Å². The van der Waals surface area contributed by atoms with Gasteiger partial charge in [0.1, 0.15) is 6.04 Å². The fourth-order valence-corrected chi connectivity index (χ4v) is 2.45. The summed E-state index contributed by atoms with van der Waals surface area (Å²) >= 11 is 0. The molecule has 0 saturated carbocycles. The number of nitrogens with one attached hydrogen (secondary N) is 2. The number of aryl methyl sites for hydroxylation is 1. The quantitative estimate of drug-likeness (QED) is 0.851. The fourth-order valence-electron chi connectivity index (χ4n) is 2.45. The summed E-state index contributed by atoms with van der Waals surface area (Å²) in [6.07, 6.45) is 3.50. The van der Waals surface area contributed by atoms with Crippen LogP contribution in [0.25, 0.3) is 0 Å². The molecule has 1 aromatic carbocycles. The molecule has 3 rings (SSSR count). The second-order valence-corrected chi connectivity index (χ2v) is 5.04. The molecule has 0 aliphatic carbocycles. The Bertz CT molecular complexity index is 683. The average Bonchev–Trinajstić information content (AvgIpc) is 3.15. The molecule has 1 atom stereocenters. The number of amides is 1. The minimum atomic E-state index is -0.442. The van der Waals surface area contributed by atoms with Gasteiger partial charge < -0.3 is 20.1 Å². The van der Waals surface area contributed by atoms with Gasteiger partial charge in [0, 0.05) is 30.9 Å². The van der Waals surface area contributed by atoms with Crippen LogP contribution in [0.4, 0.5) is 0 Å². The van der Waals surface area contributed by atoms with Crippen LogP contribution in [0, 0.1) is 0 Å². The smallest absolute Gasteiger partial charge is 0.242 e. The Morgan fingerprint density at radius 3 is 3.05 bits per heavy atom. The van der Waals surface area contributed by atoms with Crippen LogP contribution in [0.3, 0.4) is 0 Å². The van der Waals surface area contributed by atoms with E-state index in [1.165, 1.54) is 0 Å². The highest BCUT2D eigenvalue weighted by molar-refractivity contribution is 5.83. The summed E-state index contributed by atoms with van der Waals surface area (Å²) < 4.78 is 12.4. The second-order valence-electron chi connectivity index (χ2n) is 5.04. The third-order valence-electron chi connectivity index (χ3n) is 3.54. The topological polar surface area (TPSA) is 77.4 Å². The van der Waals surface area contributed by atoms with Crippen molar-refractivity contribution >= 4 is 5.91 Å². The first-order chi connectivity index (χ1) is 10.7. The van der Waals surface area contributed by atoms with E-state index in [1.54, 1.807) is 17.9 Å². The van der Waals surface area contributed by atoms with Crippen LogP contribution >= 0.6 is 0 Å². The molecule has 0 fully saturated rings. The molecule has 1 aromatic heterocycles. The average molecular weight is 302 g/mol. The van der Waals surface area contributed by atoms with Crippen molar-refractivity contribution in [1.82, 2.24) is 20.4 Å². The van der Waals surface area contributed by atoms with E-state index in [9.17, 15) is 4.79 Å². The van der Waals surface area contributed by atoms with Crippen molar-refractivity contribution in [2.45, 2.75) is 12.6 Å². The summed E-state index contributed by atoms with van der Waals surface area (Å²) in [7, 11) is 3.56. The molecular formula is C15H18N4O3. The first-order valence-corrected chi connectivity index (χ1v) is 7.00. The zero-order valence-corrected chi connectivity index (χ0v) is 12.5. The van der Waals surface area contributed by atoms with E-state index in [1.807, 2.05) is 31.4 Å². The molecule has 7 heteroatoms. The summed E-state index contributed by atoms with van der Waals surface area (Å²) in [4.78, 5) is 12.4. The van der Waals surface area contributed by atoms with E-state index in [2.05, 4.69) is 15.7 Å². The highest BCUT2D eigenvalue weighted by atomic mass is 16.7. The van der Waals surface area contributed by atoms with E-state index in [0.717, 1.165) is 11.1 Å². The maximum absolute atomic E-state index is 12.4. The van der Waals surface area contributed by atoms with Crippen molar-refractivity contribution in [3.63, 3.8) is 0 Å². The lowest BCUT2D eigenvalue weighted by atomic mass is 10.1. The molecule has 1 aliphatic heterocycles. The highest BCUT2D eigenvalue weighted by Gasteiger charge is 2.22. The summed E-state index contributed by atoms with van der Waals surface area (Å²) in [5.74, 6) is 1.29. The molecule has 0 radical (unpaired) electrons. The number of fused-ring (bicyclic) bond motifs is 1. The van der Waals surface area contributed by atoms with Gasteiger partial charge in [-0.15, -0.1) is 0 Å². The number of ether oxygens (including phenoxy) is 2. The van der Waals surface area contributed by atoms with Crippen molar-refractivity contribution in [1.29, 1.82) is 0 Å². The van der Waals surface area contributed by atoms with E-state index in [4.69, 9.17) is 9.47 Å². The number of carbonyl (C=O) groups excluding carboxylic acids is 1. The molecule has 2 heterocycles. The van der Waals surface area contributed by atoms with Crippen molar-refractivity contribution in [3.05, 3.63) is 41.7 Å². The Balaban J connectivity index is 1.68. The predicted molar refractivity (Wildman–Crippen MR) is 79.4 cm³/mol. The van der Waals surface area contributed by atoms with Crippen LogP contribution < -0.4 is 20.1 Å². The summed E-state index contributed by atoms with van der Waals surface area (Å²) in [5, 5.41) is 10.0. The fraction of sp³-hybridized carbons (Fsp3) is 0.333. The largest absolute Gasteiger partial charge is 0.454 e. The van der Waals surface area contributed by atoms with Crippen LogP contribution in [0.15, 0.2) is 30.6 Å². The zero-order valence-electron chi connectivity index (χ0n) is 12.5. The van der Waals surface area contributed by atoms with E-state index in [0.29, 0.717) is 18.0 Å². The van der Waals surface area contributed by atoms with Crippen LogP contribution in [0.5, 0.6) is 11.5 Å². The van der Waals surface area contributed by atoms with Crippen LogP contribution in [0.1, 0.15) is 17.2 Å². The highest BCUT2D eigenvalue weighted by Crippen LogP contribution is 2.35. The number of nitrogens with zero attached hydrogens (tertiary/aromatic N) is 2. The molecule has 2 N–H and O–H groups in total. The van der Waals surface area contributed by atoms with Gasteiger partial charge in [-0.2, -0.15) is 5.10 Å². The number of para-hydroxylation sites is 1. The molecular weight excluding hydrogens is 284 g/mol. The maximum Gasteiger partial charge on any atom is 0.242 e. The lowest BCUT2D eigenvalue weighted by Crippen LogP contribution is -2.35. The van der Waals surface area contributed by atoms with Gasteiger partial charge >= 0.3 is 0 Å². The van der Waals surface area contributed by atoms with Crippen molar-refractivity contribution in [2.75, 3.05) is 13.8 Å². The molecule has 1 unspecified atom stereocenters. The molecule has 22 heavy (non-hydrogen) atoms. The second kappa shape index (κ2) is 6.07. The molecule has 116 valence electrons. The number of aromatic nitrogens is 2. The lowest BCUT2D eigenvalue weighted by Gasteiger charge is -2.15. The summed E-state index contributed by atoms with van der Waals surface area (Å²) in [6, 6.07) is 5.19. The SMILES string of the molecule is CNC(C(=O)NCc1cccc2c1OCO2)c1cnn(C)c1. The van der Waals surface area contributed by atoms with E-state index >= 15 is 0 Å². The first-order valence-electron chi connectivity index (χ1n) is 7.00. The number of benzene rings is 1. The van der Waals surface area contributed by atoms with Gasteiger partial charge in [0.05, 0.1) is 6.20 Å². The molecule has 0 saturated heterocycles. The molecule has 0 spiro atoms. The minimum absolute atomic E-state index is 0.119. The Morgan fingerprint density at radius 1 is 1.45 bits per heavy atom. The van der Waals surface area contributed by atoms with Gasteiger partial charge in [0.2, 0.25) is 12.7 Å². The van der Waals surface area contributed by atoms with Crippen molar-refractivity contribution in [2.24, 2.45) is 7.05 Å². The first kappa shape index (κ1) is 14.4. The molecule has 1 aliphatic rings. The Kier molecular flexibility index (Phi) is 3.97. The Hall–Kier alpha value is -2.54. The zero-order chi connectivity index (χ0) is 15.5. The third-order valence-corrected chi connectivity index (χ3v) is 3.54. The van der Waals surface area contributed by atoms with Crippen molar-refractivity contribution in [3.8, 4) is 11.5 Å². The number of rotatable bonds is 5. The van der Waals surface area contributed by atoms with E-state index in [-0.39, 0.29) is 12.7 Å². The number of carbonyl (C=O) groups is 1. The van der Waals surface area contributed by atoms with Gasteiger partial charge in [-0.1, -0.05) is 12.1 Å². The monoisotopic (exact) mass is 302 g/mol. The number of hydrogen-bond donors (Lipinski definition) is 2. The summed E-state index contributed by atoms with van der Waals surface area (Å²) in [6.45, 7) is 0.596. The van der Waals surface area contributed by atoms with Crippen LogP contribution in [-0.4, -0.2) is 29.5 Å². The minimum Gasteiger partial charge on any atom is -0.454 e. The lowest BCUT2D eigenvalue weighted by molar-refractivity contribution is -0.123. The normalized spacial score (nSPS) is 13.9. The van der Waals surface area contributed by atoms with Gasteiger partial charge in [-0.25, -0.2) is 0 Å². The van der Waals surface area contributed by atoms with Gasteiger partial charge in [0.15, 0.2) is 11.5 Å².